The number of likely N-dealkylation sites (tertiary alicyclic amines) is 1. The van der Waals surface area contributed by atoms with Gasteiger partial charge in [-0.05, 0) is 36.5 Å². The Hall–Kier alpha value is -1.83. The van der Waals surface area contributed by atoms with Gasteiger partial charge in [-0.3, -0.25) is 9.48 Å². The Bertz CT molecular complexity index is 770. The molecule has 1 fully saturated rings. The average Bonchev–Trinajstić information content (AvgIpc) is 3.11. The van der Waals surface area contributed by atoms with E-state index in [0.29, 0.717) is 21.6 Å². The molecule has 0 N–H and O–H groups in total. The molecule has 3 heterocycles. The molecule has 0 bridgehead atoms. The van der Waals surface area contributed by atoms with Crippen molar-refractivity contribution in [2.24, 2.45) is 18.9 Å². The van der Waals surface area contributed by atoms with Gasteiger partial charge in [-0.15, -0.1) is 11.3 Å². The fourth-order valence-corrected chi connectivity index (χ4v) is 4.36. The molecule has 2 aromatic heterocycles. The summed E-state index contributed by atoms with van der Waals surface area (Å²) in [7, 11) is 1.27. The van der Waals surface area contributed by atoms with Gasteiger partial charge >= 0.3 is 6.18 Å². The molecule has 1 aliphatic heterocycles. The van der Waals surface area contributed by atoms with Crippen molar-refractivity contribution < 1.29 is 18.0 Å². The van der Waals surface area contributed by atoms with E-state index in [2.05, 4.69) is 18.9 Å². The van der Waals surface area contributed by atoms with Gasteiger partial charge in [-0.2, -0.15) is 18.3 Å². The zero-order chi connectivity index (χ0) is 18.4. The van der Waals surface area contributed by atoms with E-state index in [1.54, 1.807) is 12.1 Å². The fourth-order valence-electron chi connectivity index (χ4n) is 3.43. The molecule has 1 amide bonds. The molecule has 4 nitrogen and oxygen atoms in total. The first-order chi connectivity index (χ1) is 11.6. The summed E-state index contributed by atoms with van der Waals surface area (Å²) in [6.07, 6.45) is -3.34. The summed E-state index contributed by atoms with van der Waals surface area (Å²) >= 11 is 1.19. The quantitative estimate of drug-likeness (QED) is 0.790. The second-order valence-corrected chi connectivity index (χ2v) is 7.94. The van der Waals surface area contributed by atoms with Gasteiger partial charge in [0.1, 0.15) is 11.4 Å². The molecule has 2 unspecified atom stereocenters. The van der Waals surface area contributed by atoms with Gasteiger partial charge in [-0.1, -0.05) is 13.8 Å². The molecule has 2 aromatic rings. The summed E-state index contributed by atoms with van der Waals surface area (Å²) in [5, 5.41) is 3.94. The summed E-state index contributed by atoms with van der Waals surface area (Å²) in [6, 6.07) is 4.36. The number of carbonyl (C=O) groups excluding carboxylic acids is 1. The van der Waals surface area contributed by atoms with E-state index < -0.39 is 11.9 Å². The number of halogens is 3. The van der Waals surface area contributed by atoms with E-state index in [1.165, 1.54) is 18.4 Å². The highest BCUT2D eigenvalue weighted by Gasteiger charge is 2.35. The third-order valence-electron chi connectivity index (χ3n) is 4.40. The lowest BCUT2D eigenvalue weighted by Crippen LogP contribution is -2.42. The van der Waals surface area contributed by atoms with Gasteiger partial charge in [-0.25, -0.2) is 0 Å². The standard InChI is InChI=1S/C17H20F3N3OS/c1-10-6-11(2)9-23(8-10)16(24)14-5-4-13(25-14)12-7-15(17(18,19)20)22(3)21-12/h4-5,7,10-11H,6,8-9H2,1-3H3. The van der Waals surface area contributed by atoms with Crippen LogP contribution in [0.25, 0.3) is 10.6 Å². The summed E-state index contributed by atoms with van der Waals surface area (Å²) in [6.45, 7) is 5.70. The zero-order valence-electron chi connectivity index (χ0n) is 14.3. The number of rotatable bonds is 2. The predicted molar refractivity (Wildman–Crippen MR) is 90.4 cm³/mol. The maximum absolute atomic E-state index is 12.9. The normalized spacial score (nSPS) is 21.6. The first-order valence-electron chi connectivity index (χ1n) is 8.16. The maximum atomic E-state index is 12.9. The molecule has 0 radical (unpaired) electrons. The molecule has 0 spiro atoms. The lowest BCUT2D eigenvalue weighted by atomic mass is 9.92. The van der Waals surface area contributed by atoms with Gasteiger partial charge in [0.2, 0.25) is 0 Å². The van der Waals surface area contributed by atoms with Crippen molar-refractivity contribution in [2.45, 2.75) is 26.4 Å². The molecule has 1 saturated heterocycles. The Morgan fingerprint density at radius 1 is 1.24 bits per heavy atom. The Morgan fingerprint density at radius 3 is 2.44 bits per heavy atom. The highest BCUT2D eigenvalue weighted by molar-refractivity contribution is 7.17. The monoisotopic (exact) mass is 371 g/mol. The summed E-state index contributed by atoms with van der Waals surface area (Å²) in [5.74, 6) is 0.858. The minimum Gasteiger partial charge on any atom is -0.337 e. The van der Waals surface area contributed by atoms with Crippen LogP contribution >= 0.6 is 11.3 Å². The Kier molecular flexibility index (Phi) is 4.66. The van der Waals surface area contributed by atoms with E-state index in [0.717, 1.165) is 30.3 Å². The summed E-state index contributed by atoms with van der Waals surface area (Å²) in [4.78, 5) is 15.6. The van der Waals surface area contributed by atoms with Crippen LogP contribution in [-0.4, -0.2) is 33.7 Å². The minimum atomic E-state index is -4.45. The molecule has 25 heavy (non-hydrogen) atoms. The second kappa shape index (κ2) is 6.48. The van der Waals surface area contributed by atoms with Crippen molar-refractivity contribution in [1.29, 1.82) is 0 Å². The number of hydrogen-bond donors (Lipinski definition) is 0. The lowest BCUT2D eigenvalue weighted by molar-refractivity contribution is -0.143. The van der Waals surface area contributed by atoms with Crippen LogP contribution in [0.5, 0.6) is 0 Å². The third-order valence-corrected chi connectivity index (χ3v) is 5.49. The van der Waals surface area contributed by atoms with Crippen LogP contribution in [-0.2, 0) is 13.2 Å². The second-order valence-electron chi connectivity index (χ2n) is 6.86. The van der Waals surface area contributed by atoms with Crippen LogP contribution < -0.4 is 0 Å². The first-order valence-corrected chi connectivity index (χ1v) is 8.97. The molecular formula is C17H20F3N3OS. The first kappa shape index (κ1) is 18.0. The highest BCUT2D eigenvalue weighted by atomic mass is 32.1. The Balaban J connectivity index is 1.82. The van der Waals surface area contributed by atoms with Crippen molar-refractivity contribution in [3.05, 3.63) is 28.8 Å². The van der Waals surface area contributed by atoms with Crippen LogP contribution in [0, 0.1) is 11.8 Å². The van der Waals surface area contributed by atoms with Crippen LogP contribution in [0.1, 0.15) is 35.6 Å². The van der Waals surface area contributed by atoms with Crippen molar-refractivity contribution >= 4 is 17.2 Å². The molecule has 3 rings (SSSR count). The molecule has 0 saturated carbocycles. The Morgan fingerprint density at radius 2 is 1.88 bits per heavy atom. The maximum Gasteiger partial charge on any atom is 0.433 e. The summed E-state index contributed by atoms with van der Waals surface area (Å²) < 4.78 is 39.6. The number of alkyl halides is 3. The van der Waals surface area contributed by atoms with Crippen molar-refractivity contribution in [3.63, 3.8) is 0 Å². The molecule has 8 heteroatoms. The zero-order valence-corrected chi connectivity index (χ0v) is 15.1. The van der Waals surface area contributed by atoms with Crippen LogP contribution in [0.4, 0.5) is 13.2 Å². The van der Waals surface area contributed by atoms with Gasteiger partial charge in [0.15, 0.2) is 0 Å². The molecule has 1 aliphatic rings. The van der Waals surface area contributed by atoms with Crippen LogP contribution in [0.15, 0.2) is 18.2 Å². The largest absolute Gasteiger partial charge is 0.433 e. The number of carbonyl (C=O) groups is 1. The van der Waals surface area contributed by atoms with Crippen LogP contribution in [0.3, 0.4) is 0 Å². The number of amides is 1. The third kappa shape index (κ3) is 3.73. The number of aromatic nitrogens is 2. The van der Waals surface area contributed by atoms with E-state index in [9.17, 15) is 18.0 Å². The Labute approximate surface area is 148 Å². The van der Waals surface area contributed by atoms with Gasteiger partial charge in [0, 0.05) is 20.1 Å². The van der Waals surface area contributed by atoms with Gasteiger partial charge in [0.05, 0.1) is 9.75 Å². The number of hydrogen-bond acceptors (Lipinski definition) is 3. The topological polar surface area (TPSA) is 38.1 Å². The predicted octanol–water partition coefficient (Wildman–Crippen LogP) is 4.29. The highest BCUT2D eigenvalue weighted by Crippen LogP contribution is 2.34. The number of nitrogens with zero attached hydrogens (tertiary/aromatic N) is 3. The van der Waals surface area contributed by atoms with Gasteiger partial charge in [0.25, 0.3) is 5.91 Å². The molecule has 136 valence electrons. The summed E-state index contributed by atoms with van der Waals surface area (Å²) in [5.41, 5.74) is -0.568. The minimum absolute atomic E-state index is 0.0541. The molecule has 2 atom stereocenters. The van der Waals surface area contributed by atoms with Gasteiger partial charge < -0.3 is 4.90 Å². The lowest BCUT2D eigenvalue weighted by Gasteiger charge is -2.34. The molecule has 0 aliphatic carbocycles. The van der Waals surface area contributed by atoms with Crippen LogP contribution in [0.2, 0.25) is 0 Å². The van der Waals surface area contributed by atoms with E-state index in [1.807, 2.05) is 4.90 Å². The number of thiophene rings is 1. The van der Waals surface area contributed by atoms with E-state index >= 15 is 0 Å². The average molecular weight is 371 g/mol. The molecular weight excluding hydrogens is 351 g/mol. The van der Waals surface area contributed by atoms with Crippen molar-refractivity contribution in [2.75, 3.05) is 13.1 Å². The van der Waals surface area contributed by atoms with E-state index in [4.69, 9.17) is 0 Å². The molecule has 0 aromatic carbocycles. The fraction of sp³-hybridized carbons (Fsp3) is 0.529. The van der Waals surface area contributed by atoms with E-state index in [-0.39, 0.29) is 11.6 Å². The number of piperidine rings is 1. The van der Waals surface area contributed by atoms with Crippen molar-refractivity contribution in [1.82, 2.24) is 14.7 Å². The number of aryl methyl sites for hydroxylation is 1. The SMILES string of the molecule is CC1CC(C)CN(C(=O)c2ccc(-c3cc(C(F)(F)F)n(C)n3)s2)C1. The van der Waals surface area contributed by atoms with Crippen molar-refractivity contribution in [3.8, 4) is 10.6 Å². The smallest absolute Gasteiger partial charge is 0.337 e.